The molecular weight excluding hydrogens is 348 g/mol. The number of piperidine rings is 1. The van der Waals surface area contributed by atoms with Gasteiger partial charge in [0.15, 0.2) is 5.78 Å². The lowest BCUT2D eigenvalue weighted by molar-refractivity contribution is 0.0637. The van der Waals surface area contributed by atoms with Crippen LogP contribution < -0.4 is 0 Å². The topological polar surface area (TPSA) is 50.3 Å². The predicted octanol–water partition coefficient (Wildman–Crippen LogP) is 4.48. The summed E-state index contributed by atoms with van der Waals surface area (Å²) in [4.78, 5) is 31.4. The number of hydrogen-bond acceptors (Lipinski definition) is 3. The molecule has 2 aromatic carbocycles. The second-order valence-electron chi connectivity index (χ2n) is 7.13. The molecule has 0 saturated carbocycles. The number of rotatable bonds is 4. The third-order valence-electron chi connectivity index (χ3n) is 5.28. The summed E-state index contributed by atoms with van der Waals surface area (Å²) in [6.45, 7) is 1.16. The average molecular weight is 370 g/mol. The van der Waals surface area contributed by atoms with Gasteiger partial charge in [-0.3, -0.25) is 14.6 Å². The van der Waals surface area contributed by atoms with Gasteiger partial charge in [0.1, 0.15) is 0 Å². The molecule has 1 aromatic heterocycles. The van der Waals surface area contributed by atoms with Crippen molar-refractivity contribution >= 4 is 11.7 Å². The van der Waals surface area contributed by atoms with Crippen LogP contribution in [0.15, 0.2) is 79.1 Å². The van der Waals surface area contributed by atoms with Gasteiger partial charge in [-0.2, -0.15) is 0 Å². The van der Waals surface area contributed by atoms with E-state index in [1.165, 1.54) is 0 Å². The highest BCUT2D eigenvalue weighted by atomic mass is 16.2. The number of Topliss-reactive ketones (excluding diaryl/α,β-unsaturated/α-hetero) is 1. The van der Waals surface area contributed by atoms with Crippen LogP contribution in [0.4, 0.5) is 0 Å². The first kappa shape index (κ1) is 18.1. The minimum atomic E-state index is -0.151. The van der Waals surface area contributed by atoms with Crippen molar-refractivity contribution in [3.63, 3.8) is 0 Å². The van der Waals surface area contributed by atoms with Crippen LogP contribution in [0.5, 0.6) is 0 Å². The zero-order chi connectivity index (χ0) is 19.3. The van der Waals surface area contributed by atoms with Gasteiger partial charge in [0.25, 0.3) is 5.91 Å². The number of ketones is 1. The van der Waals surface area contributed by atoms with Gasteiger partial charge in [-0.1, -0.05) is 54.6 Å². The number of nitrogens with zero attached hydrogens (tertiary/aromatic N) is 2. The molecule has 1 atom stereocenters. The molecule has 0 radical (unpaired) electrons. The summed E-state index contributed by atoms with van der Waals surface area (Å²) >= 11 is 0. The number of carbonyl (C=O) groups excluding carboxylic acids is 2. The van der Waals surface area contributed by atoms with E-state index in [0.29, 0.717) is 24.2 Å². The maximum Gasteiger partial charge on any atom is 0.253 e. The molecule has 4 heteroatoms. The summed E-state index contributed by atoms with van der Waals surface area (Å²) in [6.07, 6.45) is 4.90. The minimum Gasteiger partial charge on any atom is -0.338 e. The Kier molecular flexibility index (Phi) is 5.29. The van der Waals surface area contributed by atoms with E-state index >= 15 is 0 Å². The second-order valence-corrected chi connectivity index (χ2v) is 7.13. The molecule has 1 amide bonds. The van der Waals surface area contributed by atoms with Crippen molar-refractivity contribution in [1.29, 1.82) is 0 Å². The molecule has 1 aliphatic rings. The molecule has 3 aromatic rings. The van der Waals surface area contributed by atoms with E-state index in [0.717, 1.165) is 24.0 Å². The zero-order valence-corrected chi connectivity index (χ0v) is 15.6. The molecule has 2 heterocycles. The highest BCUT2D eigenvalue weighted by molar-refractivity contribution is 5.99. The highest BCUT2D eigenvalue weighted by Gasteiger charge is 2.29. The number of carbonyl (C=O) groups is 2. The van der Waals surface area contributed by atoms with Crippen LogP contribution in [0.1, 0.15) is 33.6 Å². The summed E-state index contributed by atoms with van der Waals surface area (Å²) in [5, 5.41) is 0. The van der Waals surface area contributed by atoms with Crippen LogP contribution in [0.25, 0.3) is 11.1 Å². The fraction of sp³-hybridized carbons (Fsp3) is 0.208. The molecule has 1 saturated heterocycles. The summed E-state index contributed by atoms with van der Waals surface area (Å²) in [6, 6.07) is 21.3. The van der Waals surface area contributed by atoms with Crippen LogP contribution in [-0.2, 0) is 0 Å². The van der Waals surface area contributed by atoms with Crippen molar-refractivity contribution in [3.05, 3.63) is 90.3 Å². The van der Waals surface area contributed by atoms with E-state index in [4.69, 9.17) is 0 Å². The molecule has 1 aliphatic heterocycles. The molecule has 0 N–H and O–H groups in total. The molecule has 0 bridgehead atoms. The summed E-state index contributed by atoms with van der Waals surface area (Å²) < 4.78 is 0. The molecule has 140 valence electrons. The van der Waals surface area contributed by atoms with Crippen LogP contribution in [0, 0.1) is 5.92 Å². The standard InChI is InChI=1S/C24H22N2O2/c27-23(20-10-8-19(9-11-20)18-5-2-1-3-6-18)22-7-4-16-26(17-22)24(28)21-12-14-25-15-13-21/h1-3,5-6,8-15,22H,4,7,16-17H2/t22-/m0/s1. The zero-order valence-electron chi connectivity index (χ0n) is 15.6. The average Bonchev–Trinajstić information content (AvgIpc) is 2.79. The van der Waals surface area contributed by atoms with Crippen molar-refractivity contribution in [3.8, 4) is 11.1 Å². The lowest BCUT2D eigenvalue weighted by Gasteiger charge is -2.32. The second kappa shape index (κ2) is 8.17. The van der Waals surface area contributed by atoms with Crippen LogP contribution in [0.3, 0.4) is 0 Å². The number of amides is 1. The Labute approximate surface area is 164 Å². The predicted molar refractivity (Wildman–Crippen MR) is 109 cm³/mol. The Morgan fingerprint density at radius 2 is 1.50 bits per heavy atom. The third kappa shape index (κ3) is 3.86. The van der Waals surface area contributed by atoms with E-state index < -0.39 is 0 Å². The molecular formula is C24H22N2O2. The van der Waals surface area contributed by atoms with Crippen molar-refractivity contribution in [2.45, 2.75) is 12.8 Å². The van der Waals surface area contributed by atoms with Crippen molar-refractivity contribution in [2.24, 2.45) is 5.92 Å². The van der Waals surface area contributed by atoms with E-state index in [1.807, 2.05) is 42.5 Å². The van der Waals surface area contributed by atoms with Gasteiger partial charge in [0, 0.05) is 42.5 Å². The molecule has 0 aliphatic carbocycles. The normalized spacial score (nSPS) is 16.6. The van der Waals surface area contributed by atoms with Crippen molar-refractivity contribution in [1.82, 2.24) is 9.88 Å². The molecule has 0 unspecified atom stereocenters. The minimum absolute atomic E-state index is 0.0284. The number of aromatic nitrogens is 1. The summed E-state index contributed by atoms with van der Waals surface area (Å²) in [5.74, 6) is -0.0618. The highest BCUT2D eigenvalue weighted by Crippen LogP contribution is 2.24. The van der Waals surface area contributed by atoms with Gasteiger partial charge in [-0.25, -0.2) is 0 Å². The van der Waals surface area contributed by atoms with Gasteiger partial charge < -0.3 is 4.90 Å². The quantitative estimate of drug-likeness (QED) is 0.636. The number of hydrogen-bond donors (Lipinski definition) is 0. The molecule has 28 heavy (non-hydrogen) atoms. The number of benzene rings is 2. The first-order chi connectivity index (χ1) is 13.7. The van der Waals surface area contributed by atoms with Crippen LogP contribution in [0.2, 0.25) is 0 Å². The summed E-state index contributed by atoms with van der Waals surface area (Å²) in [7, 11) is 0. The SMILES string of the molecule is O=C(c1ccc(-c2ccccc2)cc1)[C@H]1CCCN(C(=O)c2ccncc2)C1. The van der Waals surface area contributed by atoms with E-state index in [1.54, 1.807) is 29.4 Å². The van der Waals surface area contributed by atoms with E-state index in [-0.39, 0.29) is 17.6 Å². The van der Waals surface area contributed by atoms with Gasteiger partial charge >= 0.3 is 0 Å². The Morgan fingerprint density at radius 1 is 0.821 bits per heavy atom. The van der Waals surface area contributed by atoms with Crippen molar-refractivity contribution in [2.75, 3.05) is 13.1 Å². The Hall–Kier alpha value is -3.27. The fourth-order valence-electron chi connectivity index (χ4n) is 3.75. The number of pyridine rings is 1. The third-order valence-corrected chi connectivity index (χ3v) is 5.28. The van der Waals surface area contributed by atoms with Crippen LogP contribution in [-0.4, -0.2) is 34.7 Å². The maximum atomic E-state index is 13.0. The molecule has 0 spiro atoms. The Balaban J connectivity index is 1.46. The van der Waals surface area contributed by atoms with E-state index in [2.05, 4.69) is 17.1 Å². The van der Waals surface area contributed by atoms with Gasteiger partial charge in [0.2, 0.25) is 0 Å². The Bertz CT molecular complexity index is 953. The van der Waals surface area contributed by atoms with Gasteiger partial charge in [0.05, 0.1) is 0 Å². The summed E-state index contributed by atoms with van der Waals surface area (Å²) in [5.41, 5.74) is 3.56. The lowest BCUT2D eigenvalue weighted by atomic mass is 9.89. The smallest absolute Gasteiger partial charge is 0.253 e. The van der Waals surface area contributed by atoms with Crippen LogP contribution >= 0.6 is 0 Å². The van der Waals surface area contributed by atoms with Gasteiger partial charge in [-0.05, 0) is 36.1 Å². The molecule has 4 rings (SSSR count). The first-order valence-corrected chi connectivity index (χ1v) is 9.61. The fourth-order valence-corrected chi connectivity index (χ4v) is 3.75. The van der Waals surface area contributed by atoms with Gasteiger partial charge in [-0.15, -0.1) is 0 Å². The van der Waals surface area contributed by atoms with E-state index in [9.17, 15) is 9.59 Å². The molecule has 4 nitrogen and oxygen atoms in total. The lowest BCUT2D eigenvalue weighted by Crippen LogP contribution is -2.42. The Morgan fingerprint density at radius 3 is 2.21 bits per heavy atom. The number of likely N-dealkylation sites (tertiary alicyclic amines) is 1. The van der Waals surface area contributed by atoms with Crippen molar-refractivity contribution < 1.29 is 9.59 Å². The monoisotopic (exact) mass is 370 g/mol. The largest absolute Gasteiger partial charge is 0.338 e. The first-order valence-electron chi connectivity index (χ1n) is 9.61. The molecule has 1 fully saturated rings. The maximum absolute atomic E-state index is 13.0.